The van der Waals surface area contributed by atoms with Crippen LogP contribution in [0.3, 0.4) is 0 Å². The van der Waals surface area contributed by atoms with Crippen LogP contribution < -0.4 is 0 Å². The van der Waals surface area contributed by atoms with E-state index in [1.165, 1.54) is 13.8 Å². The van der Waals surface area contributed by atoms with E-state index in [1.54, 1.807) is 0 Å². The van der Waals surface area contributed by atoms with E-state index in [-0.39, 0.29) is 12.4 Å². The van der Waals surface area contributed by atoms with Gasteiger partial charge in [-0.25, -0.2) is 8.42 Å². The highest BCUT2D eigenvalue weighted by molar-refractivity contribution is 8.14. The van der Waals surface area contributed by atoms with Gasteiger partial charge in [-0.05, 0) is 13.8 Å². The summed E-state index contributed by atoms with van der Waals surface area (Å²) in [5, 5.41) is -0.464. The van der Waals surface area contributed by atoms with Gasteiger partial charge < -0.3 is 0 Å². The second kappa shape index (κ2) is 3.54. The fourth-order valence-corrected chi connectivity index (χ4v) is 0. The Hall–Kier alpha value is 0.530. The normalized spacial score (nSPS) is 11.0. The highest BCUT2D eigenvalue weighted by Gasteiger charge is 2.09. The van der Waals surface area contributed by atoms with Gasteiger partial charge in [0.05, 0.1) is 5.25 Å². The lowest BCUT2D eigenvalue weighted by molar-refractivity contribution is 0.601. The molecule has 0 rings (SSSR count). The van der Waals surface area contributed by atoms with Crippen molar-refractivity contribution in [3.8, 4) is 0 Å². The lowest BCUT2D eigenvalue weighted by Gasteiger charge is -1.93. The molecule has 52 valence electrons. The molecule has 5 heteroatoms. The van der Waals surface area contributed by atoms with Crippen molar-refractivity contribution < 1.29 is 8.42 Å². The van der Waals surface area contributed by atoms with Crippen LogP contribution >= 0.6 is 23.1 Å². The molecule has 0 heterocycles. The average molecular weight is 179 g/mol. The minimum Gasteiger partial charge on any atom is -0.212 e. The minimum absolute atomic E-state index is 0. The second-order valence-corrected chi connectivity index (χ2v) is 4.71. The Morgan fingerprint density at radius 2 is 1.50 bits per heavy atom. The van der Waals surface area contributed by atoms with Crippen molar-refractivity contribution in [2.24, 2.45) is 0 Å². The van der Waals surface area contributed by atoms with Gasteiger partial charge in [-0.3, -0.25) is 0 Å². The number of hydrogen-bond donors (Lipinski definition) is 0. The summed E-state index contributed by atoms with van der Waals surface area (Å²) in [4.78, 5) is 0. The summed E-state index contributed by atoms with van der Waals surface area (Å²) in [6, 6.07) is 0. The standard InChI is InChI=1S/C3H7ClO2S.ClH/c1-3(2)7(4,5)6;/h3H,1-2H3;1H. The molecule has 8 heavy (non-hydrogen) atoms. The van der Waals surface area contributed by atoms with Gasteiger partial charge in [0.1, 0.15) is 0 Å². The molecule has 0 N–H and O–H groups in total. The molecule has 0 atom stereocenters. The molecule has 0 spiro atoms. The molecule has 0 aromatic carbocycles. The molecule has 0 aliphatic carbocycles. The molecule has 0 radical (unpaired) electrons. The predicted molar refractivity (Wildman–Crippen MR) is 37.2 cm³/mol. The molecule has 2 nitrogen and oxygen atoms in total. The highest BCUT2D eigenvalue weighted by Crippen LogP contribution is 2.03. The minimum atomic E-state index is -3.27. The molecule has 0 saturated heterocycles. The van der Waals surface area contributed by atoms with Crippen molar-refractivity contribution in [3.63, 3.8) is 0 Å². The van der Waals surface area contributed by atoms with Crippen LogP contribution in [0.5, 0.6) is 0 Å². The van der Waals surface area contributed by atoms with Crippen LogP contribution in [0.25, 0.3) is 0 Å². The van der Waals surface area contributed by atoms with E-state index in [2.05, 4.69) is 0 Å². The maximum absolute atomic E-state index is 10.1. The molecule has 0 bridgehead atoms. The Bertz CT molecular complexity index is 137. The lowest BCUT2D eigenvalue weighted by Crippen LogP contribution is -2.04. The Labute approximate surface area is 60.1 Å². The van der Waals surface area contributed by atoms with Crippen molar-refractivity contribution in [1.29, 1.82) is 0 Å². The van der Waals surface area contributed by atoms with Crippen LogP contribution in [-0.4, -0.2) is 13.7 Å². The average Bonchev–Trinajstić information content (AvgIpc) is 1.31. The van der Waals surface area contributed by atoms with E-state index in [0.29, 0.717) is 0 Å². The van der Waals surface area contributed by atoms with Crippen LogP contribution in [0, 0.1) is 0 Å². The zero-order valence-electron chi connectivity index (χ0n) is 4.59. The molecule has 0 amide bonds. The summed E-state index contributed by atoms with van der Waals surface area (Å²) in [6.45, 7) is 3.06. The summed E-state index contributed by atoms with van der Waals surface area (Å²) in [5.41, 5.74) is 0. The van der Waals surface area contributed by atoms with Gasteiger partial charge in [0, 0.05) is 10.7 Å². The Morgan fingerprint density at radius 1 is 1.38 bits per heavy atom. The van der Waals surface area contributed by atoms with E-state index < -0.39 is 14.3 Å². The van der Waals surface area contributed by atoms with Crippen molar-refractivity contribution in [1.82, 2.24) is 0 Å². The second-order valence-electron chi connectivity index (χ2n) is 1.52. The van der Waals surface area contributed by atoms with Crippen molar-refractivity contribution in [2.45, 2.75) is 19.1 Å². The van der Waals surface area contributed by atoms with Crippen molar-refractivity contribution >= 4 is 32.1 Å². The maximum atomic E-state index is 10.1. The van der Waals surface area contributed by atoms with Gasteiger partial charge in [0.2, 0.25) is 9.05 Å². The van der Waals surface area contributed by atoms with Crippen LogP contribution in [-0.2, 0) is 9.05 Å². The van der Waals surface area contributed by atoms with Crippen molar-refractivity contribution in [2.75, 3.05) is 0 Å². The van der Waals surface area contributed by atoms with Gasteiger partial charge in [0.15, 0.2) is 0 Å². The molecule has 0 aliphatic heterocycles. The summed E-state index contributed by atoms with van der Waals surface area (Å²) >= 11 is 0. The fraction of sp³-hybridized carbons (Fsp3) is 1.00. The van der Waals surface area contributed by atoms with Crippen LogP contribution in [0.2, 0.25) is 0 Å². The molecule has 0 unspecified atom stereocenters. The predicted octanol–water partition coefficient (Wildman–Crippen LogP) is 1.39. The Balaban J connectivity index is 0. The Morgan fingerprint density at radius 3 is 1.50 bits per heavy atom. The molecular weight excluding hydrogens is 171 g/mol. The molecule has 0 saturated carbocycles. The summed E-state index contributed by atoms with van der Waals surface area (Å²) in [6.07, 6.45) is 0. The van der Waals surface area contributed by atoms with Gasteiger partial charge >= 0.3 is 0 Å². The third-order valence-electron chi connectivity index (χ3n) is 0.563. The molecule has 0 aromatic rings. The van der Waals surface area contributed by atoms with Crippen LogP contribution in [0.15, 0.2) is 0 Å². The topological polar surface area (TPSA) is 34.1 Å². The van der Waals surface area contributed by atoms with Crippen LogP contribution in [0.4, 0.5) is 0 Å². The van der Waals surface area contributed by atoms with Gasteiger partial charge in [0.25, 0.3) is 0 Å². The van der Waals surface area contributed by atoms with E-state index >= 15 is 0 Å². The first-order valence-corrected chi connectivity index (χ1v) is 4.25. The van der Waals surface area contributed by atoms with E-state index in [4.69, 9.17) is 10.7 Å². The number of rotatable bonds is 1. The lowest BCUT2D eigenvalue weighted by atomic mass is 10.6. The number of hydrogen-bond acceptors (Lipinski definition) is 2. The SMILES string of the molecule is CC(C)S(=O)(=O)Cl.Cl. The van der Waals surface area contributed by atoms with Crippen LogP contribution in [0.1, 0.15) is 13.8 Å². The highest BCUT2D eigenvalue weighted by atomic mass is 35.7. The monoisotopic (exact) mass is 178 g/mol. The molecule has 0 fully saturated rings. The largest absolute Gasteiger partial charge is 0.234 e. The summed E-state index contributed by atoms with van der Waals surface area (Å²) in [5.74, 6) is 0. The van der Waals surface area contributed by atoms with E-state index in [0.717, 1.165) is 0 Å². The number of halogens is 2. The maximum Gasteiger partial charge on any atom is 0.234 e. The summed E-state index contributed by atoms with van der Waals surface area (Å²) in [7, 11) is 1.57. The first kappa shape index (κ1) is 11.3. The zero-order chi connectivity index (χ0) is 6.08. The summed E-state index contributed by atoms with van der Waals surface area (Å²) < 4.78 is 20.2. The Kier molecular flexibility index (Phi) is 5.01. The fourth-order valence-electron chi connectivity index (χ4n) is 0. The smallest absolute Gasteiger partial charge is 0.212 e. The zero-order valence-corrected chi connectivity index (χ0v) is 6.98. The van der Waals surface area contributed by atoms with Crippen molar-refractivity contribution in [3.05, 3.63) is 0 Å². The molecule has 0 aromatic heterocycles. The molecular formula is C3H8Cl2O2S. The van der Waals surface area contributed by atoms with E-state index in [9.17, 15) is 8.42 Å². The van der Waals surface area contributed by atoms with E-state index in [1.807, 2.05) is 0 Å². The van der Waals surface area contributed by atoms with Gasteiger partial charge in [-0.15, -0.1) is 12.4 Å². The third kappa shape index (κ3) is 4.68. The first-order chi connectivity index (χ1) is 2.94. The molecule has 0 aliphatic rings. The third-order valence-corrected chi connectivity index (χ3v) is 2.76. The van der Waals surface area contributed by atoms with Gasteiger partial charge in [-0.2, -0.15) is 0 Å². The first-order valence-electron chi connectivity index (χ1n) is 1.88. The van der Waals surface area contributed by atoms with Gasteiger partial charge in [-0.1, -0.05) is 0 Å². The quantitative estimate of drug-likeness (QED) is 0.570.